The van der Waals surface area contributed by atoms with E-state index in [1.807, 2.05) is 37.3 Å². The van der Waals surface area contributed by atoms with E-state index in [0.717, 1.165) is 15.4 Å². The first-order valence-corrected chi connectivity index (χ1v) is 13.9. The Balaban J connectivity index is 2.10. The molecular weight excluding hydrogens is 533 g/mol. The van der Waals surface area contributed by atoms with Gasteiger partial charge in [0.15, 0.2) is 0 Å². The number of carbonyl (C=O) groups is 2. The normalized spacial score (nSPS) is 12.0. The van der Waals surface area contributed by atoms with Gasteiger partial charge in [-0.3, -0.25) is 13.9 Å². The van der Waals surface area contributed by atoms with Crippen LogP contribution in [0.3, 0.4) is 0 Å². The molecule has 1 unspecified atom stereocenters. The molecular formula is C27H29Cl2N3O4S. The van der Waals surface area contributed by atoms with Gasteiger partial charge in [-0.1, -0.05) is 78.2 Å². The Morgan fingerprint density at radius 1 is 0.973 bits per heavy atom. The molecule has 10 heteroatoms. The highest BCUT2D eigenvalue weighted by molar-refractivity contribution is 7.92. The predicted molar refractivity (Wildman–Crippen MR) is 147 cm³/mol. The summed E-state index contributed by atoms with van der Waals surface area (Å²) in [5.74, 6) is -0.911. The molecule has 3 aromatic carbocycles. The van der Waals surface area contributed by atoms with Crippen LogP contribution in [0, 0.1) is 6.92 Å². The largest absolute Gasteiger partial charge is 0.357 e. The number of anilines is 1. The third-order valence-corrected chi connectivity index (χ3v) is 8.22. The number of halogens is 2. The molecule has 0 fully saturated rings. The average molecular weight is 563 g/mol. The molecule has 0 spiro atoms. The fourth-order valence-corrected chi connectivity index (χ4v) is 5.75. The van der Waals surface area contributed by atoms with Crippen molar-refractivity contribution in [2.45, 2.75) is 37.8 Å². The van der Waals surface area contributed by atoms with Gasteiger partial charge >= 0.3 is 0 Å². The van der Waals surface area contributed by atoms with Crippen LogP contribution in [0.1, 0.15) is 24.5 Å². The second-order valence-corrected chi connectivity index (χ2v) is 11.2. The van der Waals surface area contributed by atoms with Gasteiger partial charge in [-0.25, -0.2) is 8.42 Å². The quantitative estimate of drug-likeness (QED) is 0.375. The van der Waals surface area contributed by atoms with E-state index in [2.05, 4.69) is 5.32 Å². The van der Waals surface area contributed by atoms with Crippen LogP contribution in [-0.2, 0) is 26.2 Å². The maximum Gasteiger partial charge on any atom is 0.264 e. The minimum absolute atomic E-state index is 0.00473. The van der Waals surface area contributed by atoms with E-state index in [0.29, 0.717) is 6.42 Å². The molecule has 0 aliphatic carbocycles. The number of carbonyl (C=O) groups excluding carboxylic acids is 2. The Labute approximate surface area is 228 Å². The van der Waals surface area contributed by atoms with Crippen LogP contribution in [0.4, 0.5) is 5.69 Å². The molecule has 0 saturated heterocycles. The predicted octanol–water partition coefficient (Wildman–Crippen LogP) is 5.05. The van der Waals surface area contributed by atoms with Crippen molar-refractivity contribution in [2.75, 3.05) is 17.9 Å². The summed E-state index contributed by atoms with van der Waals surface area (Å²) in [6.07, 6.45) is 0.334. The molecule has 0 aliphatic rings. The number of nitrogens with one attached hydrogen (secondary N) is 1. The van der Waals surface area contributed by atoms with E-state index < -0.39 is 28.5 Å². The first kappa shape index (κ1) is 28.5. The zero-order valence-electron chi connectivity index (χ0n) is 20.8. The number of hydrogen-bond donors (Lipinski definition) is 1. The van der Waals surface area contributed by atoms with Gasteiger partial charge in [0.1, 0.15) is 12.6 Å². The van der Waals surface area contributed by atoms with Crippen molar-refractivity contribution in [1.29, 1.82) is 0 Å². The van der Waals surface area contributed by atoms with Crippen LogP contribution >= 0.6 is 23.2 Å². The second kappa shape index (κ2) is 12.4. The molecule has 0 aromatic heterocycles. The SMILES string of the molecule is CCC(C(=O)NC)N(Cc1ccccc1)C(=O)CN(c1cc(Cl)ccc1Cl)S(=O)(=O)c1ccc(C)cc1. The first-order valence-electron chi connectivity index (χ1n) is 11.7. The zero-order valence-corrected chi connectivity index (χ0v) is 23.1. The van der Waals surface area contributed by atoms with Crippen molar-refractivity contribution >= 4 is 50.7 Å². The molecule has 0 bridgehead atoms. The van der Waals surface area contributed by atoms with Crippen LogP contribution in [0.25, 0.3) is 0 Å². The lowest BCUT2D eigenvalue weighted by Gasteiger charge is -2.33. The lowest BCUT2D eigenvalue weighted by atomic mass is 10.1. The number of aryl methyl sites for hydroxylation is 1. The summed E-state index contributed by atoms with van der Waals surface area (Å²) >= 11 is 12.6. The summed E-state index contributed by atoms with van der Waals surface area (Å²) in [6.45, 7) is 3.17. The smallest absolute Gasteiger partial charge is 0.264 e. The number of sulfonamides is 1. The standard InChI is InChI=1S/C27H29Cl2N3O4S/c1-4-24(27(34)30-3)31(17-20-8-6-5-7-9-20)26(33)18-32(25-16-21(28)12-15-23(25)29)37(35,36)22-13-10-19(2)11-14-22/h5-16,24H,4,17-18H2,1-3H3,(H,30,34). The van der Waals surface area contributed by atoms with Crippen molar-refractivity contribution in [1.82, 2.24) is 10.2 Å². The topological polar surface area (TPSA) is 86.8 Å². The summed E-state index contributed by atoms with van der Waals surface area (Å²) < 4.78 is 28.6. The van der Waals surface area contributed by atoms with Crippen molar-refractivity contribution in [3.63, 3.8) is 0 Å². The highest BCUT2D eigenvalue weighted by atomic mass is 35.5. The summed E-state index contributed by atoms with van der Waals surface area (Å²) in [5.41, 5.74) is 1.75. The van der Waals surface area contributed by atoms with Crippen LogP contribution in [0.15, 0.2) is 77.7 Å². The lowest BCUT2D eigenvalue weighted by molar-refractivity contribution is -0.140. The number of likely N-dealkylation sites (N-methyl/N-ethyl adjacent to an activating group) is 1. The monoisotopic (exact) mass is 561 g/mol. The van der Waals surface area contributed by atoms with E-state index in [9.17, 15) is 18.0 Å². The first-order chi connectivity index (χ1) is 17.6. The molecule has 0 aliphatic heterocycles. The second-order valence-electron chi connectivity index (χ2n) is 8.47. The Morgan fingerprint density at radius 2 is 1.62 bits per heavy atom. The van der Waals surface area contributed by atoms with Gasteiger partial charge in [0.2, 0.25) is 11.8 Å². The number of benzene rings is 3. The molecule has 7 nitrogen and oxygen atoms in total. The van der Waals surface area contributed by atoms with E-state index in [4.69, 9.17) is 23.2 Å². The third-order valence-electron chi connectivity index (χ3n) is 5.89. The molecule has 37 heavy (non-hydrogen) atoms. The van der Waals surface area contributed by atoms with Gasteiger partial charge < -0.3 is 10.2 Å². The molecule has 3 aromatic rings. The number of nitrogens with zero attached hydrogens (tertiary/aromatic N) is 2. The van der Waals surface area contributed by atoms with Gasteiger partial charge in [-0.15, -0.1) is 0 Å². The Morgan fingerprint density at radius 3 is 2.22 bits per heavy atom. The summed E-state index contributed by atoms with van der Waals surface area (Å²) in [6, 6.07) is 19.1. The average Bonchev–Trinajstić information content (AvgIpc) is 2.89. The Kier molecular flexibility index (Phi) is 9.59. The van der Waals surface area contributed by atoms with Crippen LogP contribution in [0.2, 0.25) is 10.0 Å². The minimum Gasteiger partial charge on any atom is -0.357 e. The number of hydrogen-bond acceptors (Lipinski definition) is 4. The molecule has 1 atom stereocenters. The summed E-state index contributed by atoms with van der Waals surface area (Å²) in [4.78, 5) is 27.9. The molecule has 2 amide bonds. The molecule has 3 rings (SSSR count). The highest BCUT2D eigenvalue weighted by Gasteiger charge is 2.34. The minimum atomic E-state index is -4.23. The fourth-order valence-electron chi connectivity index (χ4n) is 3.89. The van der Waals surface area contributed by atoms with Crippen molar-refractivity contribution in [3.05, 3.63) is 94.0 Å². The molecule has 0 radical (unpaired) electrons. The fraction of sp³-hybridized carbons (Fsp3) is 0.259. The van der Waals surface area contributed by atoms with E-state index in [1.165, 1.54) is 42.3 Å². The Hall–Kier alpha value is -3.07. The van der Waals surface area contributed by atoms with E-state index in [-0.39, 0.29) is 33.1 Å². The van der Waals surface area contributed by atoms with E-state index >= 15 is 0 Å². The molecule has 196 valence electrons. The number of amides is 2. The van der Waals surface area contributed by atoms with Crippen molar-refractivity contribution in [3.8, 4) is 0 Å². The van der Waals surface area contributed by atoms with Gasteiger partial charge in [0.05, 0.1) is 15.6 Å². The third kappa shape index (κ3) is 6.83. The van der Waals surface area contributed by atoms with Crippen LogP contribution in [0.5, 0.6) is 0 Å². The van der Waals surface area contributed by atoms with Crippen molar-refractivity contribution < 1.29 is 18.0 Å². The molecule has 0 heterocycles. The highest BCUT2D eigenvalue weighted by Crippen LogP contribution is 2.33. The van der Waals surface area contributed by atoms with Gasteiger partial charge in [0.25, 0.3) is 10.0 Å². The molecule has 1 N–H and O–H groups in total. The maximum absolute atomic E-state index is 13.8. The van der Waals surface area contributed by atoms with E-state index in [1.54, 1.807) is 19.1 Å². The maximum atomic E-state index is 13.8. The Bertz CT molecular complexity index is 1350. The van der Waals surface area contributed by atoms with Crippen LogP contribution < -0.4 is 9.62 Å². The van der Waals surface area contributed by atoms with Crippen LogP contribution in [-0.4, -0.2) is 44.8 Å². The van der Waals surface area contributed by atoms with Gasteiger partial charge in [-0.2, -0.15) is 0 Å². The van der Waals surface area contributed by atoms with Crippen molar-refractivity contribution in [2.24, 2.45) is 0 Å². The van der Waals surface area contributed by atoms with Gasteiger partial charge in [-0.05, 0) is 49.2 Å². The van der Waals surface area contributed by atoms with Gasteiger partial charge in [0, 0.05) is 18.6 Å². The number of rotatable bonds is 10. The summed E-state index contributed by atoms with van der Waals surface area (Å²) in [5, 5.41) is 2.97. The lowest BCUT2D eigenvalue weighted by Crippen LogP contribution is -2.51. The molecule has 0 saturated carbocycles. The zero-order chi connectivity index (χ0) is 27.2. The summed E-state index contributed by atoms with van der Waals surface area (Å²) in [7, 11) is -2.73.